The number of aromatic nitrogens is 4. The Balaban J connectivity index is 1.52. The highest BCUT2D eigenvalue weighted by molar-refractivity contribution is 6.37. The summed E-state index contributed by atoms with van der Waals surface area (Å²) in [7, 11) is 1.73. The lowest BCUT2D eigenvalue weighted by Gasteiger charge is -2.22. The van der Waals surface area contributed by atoms with E-state index >= 15 is 0 Å². The van der Waals surface area contributed by atoms with Gasteiger partial charge in [-0.05, 0) is 74.2 Å². The number of carbonyl (C=O) groups excluding carboxylic acids is 1. The molecule has 0 saturated carbocycles. The predicted molar refractivity (Wildman–Crippen MR) is 175 cm³/mol. The molecule has 6 rings (SSSR count). The second kappa shape index (κ2) is 12.5. The van der Waals surface area contributed by atoms with E-state index in [2.05, 4.69) is 27.4 Å². The molecule has 6 aromatic rings. The topological polar surface area (TPSA) is 132 Å². The van der Waals surface area contributed by atoms with Gasteiger partial charge in [0.25, 0.3) is 0 Å². The smallest absolute Gasteiger partial charge is 0.226 e. The third-order valence-corrected chi connectivity index (χ3v) is 7.80. The van der Waals surface area contributed by atoms with Crippen LogP contribution in [0.4, 0.5) is 14.6 Å². The fourth-order valence-electron chi connectivity index (χ4n) is 5.52. The van der Waals surface area contributed by atoms with Crippen molar-refractivity contribution in [2.45, 2.75) is 38.3 Å². The third-order valence-electron chi connectivity index (χ3n) is 7.48. The number of halogens is 3. The summed E-state index contributed by atoms with van der Waals surface area (Å²) >= 11 is 6.53. The van der Waals surface area contributed by atoms with E-state index in [0.29, 0.717) is 55.1 Å². The Bertz CT molecular complexity index is 2210. The Morgan fingerprint density at radius 2 is 1.83 bits per heavy atom. The summed E-state index contributed by atoms with van der Waals surface area (Å²) < 4.78 is 35.8. The zero-order valence-electron chi connectivity index (χ0n) is 25.6. The van der Waals surface area contributed by atoms with Crippen molar-refractivity contribution in [2.75, 3.05) is 5.73 Å². The first-order valence-electron chi connectivity index (χ1n) is 14.6. The van der Waals surface area contributed by atoms with E-state index in [9.17, 15) is 18.7 Å². The summed E-state index contributed by atoms with van der Waals surface area (Å²) in [6.45, 7) is 3.09. The molecule has 0 aliphatic carbocycles. The van der Waals surface area contributed by atoms with Gasteiger partial charge in [0.2, 0.25) is 5.91 Å². The Hall–Kier alpha value is -5.31. The van der Waals surface area contributed by atoms with E-state index in [1.165, 1.54) is 12.1 Å². The number of aryl methyl sites for hydroxylation is 1. The molecule has 0 aliphatic rings. The van der Waals surface area contributed by atoms with Crippen molar-refractivity contribution in [3.8, 4) is 23.0 Å². The Labute approximate surface area is 273 Å². The standard InChI is InChI=1S/C35H29ClF2N6O3/c1-35(2,46)13-12-22-8-9-23(24-10-11-26(36)31-33(24)44(3)42-34(31)39)32(40-22)28(16-19-14-20(37)17-21(38)15-19)41-30(45)18-27-25-6-4-5-7-29(25)47-43-27/h4-11,14-15,17,28,46H,16,18H2,1-3H3,(H2,39,42)(H,41,45). The SMILES string of the molecule is Cn1nc(N)c2c(Cl)ccc(-c3ccc(C#CC(C)(C)O)nc3C(Cc3cc(F)cc(F)c3)NC(=O)Cc3noc4ccccc34)c21. The lowest BCUT2D eigenvalue weighted by Crippen LogP contribution is -2.32. The number of rotatable bonds is 7. The molecule has 3 heterocycles. The minimum Gasteiger partial charge on any atom is -0.382 e. The van der Waals surface area contributed by atoms with Crippen LogP contribution in [0.1, 0.15) is 42.5 Å². The molecule has 3 aromatic heterocycles. The van der Waals surface area contributed by atoms with Crippen molar-refractivity contribution in [2.24, 2.45) is 7.05 Å². The number of nitrogens with one attached hydrogen (secondary N) is 1. The quantitative estimate of drug-likeness (QED) is 0.178. The van der Waals surface area contributed by atoms with Gasteiger partial charge in [0, 0.05) is 29.6 Å². The molecule has 4 N–H and O–H groups in total. The van der Waals surface area contributed by atoms with Crippen LogP contribution >= 0.6 is 11.6 Å². The first-order valence-corrected chi connectivity index (χ1v) is 15.0. The molecule has 9 nitrogen and oxygen atoms in total. The van der Waals surface area contributed by atoms with Crippen LogP contribution in [0.25, 0.3) is 33.0 Å². The van der Waals surface area contributed by atoms with Crippen LogP contribution in [0.3, 0.4) is 0 Å². The number of nitrogen functional groups attached to an aromatic ring is 1. The molecular weight excluding hydrogens is 626 g/mol. The fraction of sp³-hybridized carbons (Fsp3) is 0.200. The van der Waals surface area contributed by atoms with Crippen LogP contribution < -0.4 is 11.1 Å². The van der Waals surface area contributed by atoms with Crippen LogP contribution in [0, 0.1) is 23.5 Å². The Morgan fingerprint density at radius 3 is 2.57 bits per heavy atom. The number of nitrogens with two attached hydrogens (primary N) is 1. The van der Waals surface area contributed by atoms with Crippen LogP contribution in [0.15, 0.2) is 71.3 Å². The zero-order chi connectivity index (χ0) is 33.5. The van der Waals surface area contributed by atoms with Crippen molar-refractivity contribution in [3.63, 3.8) is 0 Å². The largest absolute Gasteiger partial charge is 0.382 e. The number of hydrogen-bond donors (Lipinski definition) is 3. The summed E-state index contributed by atoms with van der Waals surface area (Å²) in [6.07, 6.45) is -0.172. The molecule has 47 heavy (non-hydrogen) atoms. The molecule has 1 unspecified atom stereocenters. The van der Waals surface area contributed by atoms with Crippen LogP contribution in [0.2, 0.25) is 5.02 Å². The number of carbonyl (C=O) groups is 1. The van der Waals surface area contributed by atoms with Gasteiger partial charge in [-0.3, -0.25) is 9.48 Å². The first kappa shape index (κ1) is 31.7. The van der Waals surface area contributed by atoms with Crippen LogP contribution in [-0.2, 0) is 24.7 Å². The number of para-hydroxylation sites is 1. The average molecular weight is 655 g/mol. The van der Waals surface area contributed by atoms with Gasteiger partial charge < -0.3 is 20.7 Å². The molecule has 0 saturated heterocycles. The normalized spacial score (nSPS) is 12.2. The number of fused-ring (bicyclic) bond motifs is 2. The predicted octanol–water partition coefficient (Wildman–Crippen LogP) is 6.06. The van der Waals surface area contributed by atoms with Crippen molar-refractivity contribution >= 4 is 45.2 Å². The van der Waals surface area contributed by atoms with Crippen LogP contribution in [-0.4, -0.2) is 36.5 Å². The summed E-state index contributed by atoms with van der Waals surface area (Å²) in [5, 5.41) is 23.3. The fourth-order valence-corrected chi connectivity index (χ4v) is 5.77. The summed E-state index contributed by atoms with van der Waals surface area (Å²) in [4.78, 5) is 18.5. The number of anilines is 1. The first-order chi connectivity index (χ1) is 22.4. The third kappa shape index (κ3) is 6.79. The van der Waals surface area contributed by atoms with Crippen LogP contribution in [0.5, 0.6) is 0 Å². The van der Waals surface area contributed by atoms with Crippen molar-refractivity contribution in [1.82, 2.24) is 25.2 Å². The van der Waals surface area contributed by atoms with Gasteiger partial charge >= 0.3 is 0 Å². The number of amides is 1. The highest BCUT2D eigenvalue weighted by Crippen LogP contribution is 2.39. The molecule has 1 amide bonds. The summed E-state index contributed by atoms with van der Waals surface area (Å²) in [6, 6.07) is 16.4. The molecule has 12 heteroatoms. The highest BCUT2D eigenvalue weighted by atomic mass is 35.5. The molecule has 1 atom stereocenters. The summed E-state index contributed by atoms with van der Waals surface area (Å²) in [5.41, 5.74) is 8.63. The van der Waals surface area contributed by atoms with E-state index < -0.39 is 29.2 Å². The number of aliphatic hydroxyl groups is 1. The molecule has 0 fully saturated rings. The lowest BCUT2D eigenvalue weighted by molar-refractivity contribution is -0.121. The van der Waals surface area contributed by atoms with E-state index in [4.69, 9.17) is 26.8 Å². The molecule has 0 radical (unpaired) electrons. The second-order valence-electron chi connectivity index (χ2n) is 11.7. The maximum absolute atomic E-state index is 14.4. The number of nitrogens with zero attached hydrogens (tertiary/aromatic N) is 4. The molecule has 3 aromatic carbocycles. The maximum Gasteiger partial charge on any atom is 0.226 e. The Morgan fingerprint density at radius 1 is 1.11 bits per heavy atom. The number of hydrogen-bond acceptors (Lipinski definition) is 7. The molecule has 0 bridgehead atoms. The minimum atomic E-state index is -1.30. The van der Waals surface area contributed by atoms with Gasteiger partial charge in [-0.15, -0.1) is 0 Å². The summed E-state index contributed by atoms with van der Waals surface area (Å²) in [5.74, 6) is 3.92. The highest BCUT2D eigenvalue weighted by Gasteiger charge is 2.26. The number of benzene rings is 3. The van der Waals surface area contributed by atoms with E-state index in [-0.39, 0.29) is 24.2 Å². The van der Waals surface area contributed by atoms with Gasteiger partial charge in [-0.25, -0.2) is 13.8 Å². The lowest BCUT2D eigenvalue weighted by atomic mass is 9.93. The van der Waals surface area contributed by atoms with Gasteiger partial charge in [-0.2, -0.15) is 5.10 Å². The van der Waals surface area contributed by atoms with Gasteiger partial charge in [-0.1, -0.05) is 40.9 Å². The monoisotopic (exact) mass is 654 g/mol. The second-order valence-corrected chi connectivity index (χ2v) is 12.1. The maximum atomic E-state index is 14.4. The molecule has 238 valence electrons. The zero-order valence-corrected chi connectivity index (χ0v) is 26.4. The van der Waals surface area contributed by atoms with E-state index in [0.717, 1.165) is 6.07 Å². The van der Waals surface area contributed by atoms with E-state index in [1.54, 1.807) is 68.0 Å². The Kier molecular flexibility index (Phi) is 8.40. The van der Waals surface area contributed by atoms with Gasteiger partial charge in [0.1, 0.15) is 28.6 Å². The van der Waals surface area contributed by atoms with Crippen molar-refractivity contribution in [1.29, 1.82) is 0 Å². The van der Waals surface area contributed by atoms with E-state index in [1.807, 2.05) is 6.07 Å². The van der Waals surface area contributed by atoms with Gasteiger partial charge in [0.15, 0.2) is 11.4 Å². The minimum absolute atomic E-state index is 0.0351. The molecular formula is C35H29ClF2N6O3. The average Bonchev–Trinajstić information content (AvgIpc) is 3.55. The van der Waals surface area contributed by atoms with Crippen molar-refractivity contribution < 1.29 is 23.2 Å². The molecule has 0 aliphatic heterocycles. The molecule has 0 spiro atoms. The van der Waals surface area contributed by atoms with Gasteiger partial charge in [0.05, 0.1) is 34.1 Å². The number of pyridine rings is 1. The van der Waals surface area contributed by atoms with Crippen molar-refractivity contribution in [3.05, 3.63) is 106 Å².